The number of hydrogen-bond acceptors (Lipinski definition) is 4. The zero-order valence-corrected chi connectivity index (χ0v) is 12.3. The third kappa shape index (κ3) is 3.53. The van der Waals surface area contributed by atoms with Crippen LogP contribution in [-0.4, -0.2) is 53.0 Å². The van der Waals surface area contributed by atoms with Crippen molar-refractivity contribution in [2.45, 2.75) is 38.9 Å². The van der Waals surface area contributed by atoms with E-state index in [1.807, 2.05) is 18.5 Å². The zero-order chi connectivity index (χ0) is 13.8. The third-order valence-electron chi connectivity index (χ3n) is 4.00. The molecule has 2 N–H and O–H groups in total. The molecule has 2 atom stereocenters. The van der Waals surface area contributed by atoms with Crippen LogP contribution < -0.4 is 5.73 Å². The van der Waals surface area contributed by atoms with E-state index in [2.05, 4.69) is 41.6 Å². The highest BCUT2D eigenvalue weighted by atomic mass is 15.3. The number of nitrogens with zero attached hydrogens (tertiary/aromatic N) is 3. The van der Waals surface area contributed by atoms with Gasteiger partial charge < -0.3 is 5.73 Å². The average molecular weight is 262 g/mol. The first-order valence-electron chi connectivity index (χ1n) is 7.23. The van der Waals surface area contributed by atoms with Crippen molar-refractivity contribution in [3.8, 4) is 0 Å². The highest BCUT2D eigenvalue weighted by molar-refractivity contribution is 5.16. The van der Waals surface area contributed by atoms with E-state index < -0.39 is 0 Å². The molecule has 0 amide bonds. The standard InChI is InChI=1S/C15H26N4/c1-12(2)18-7-9-19(10-8-18)15(13(3)16)14-5-4-6-17-11-14/h4-6,11-13,15H,7-10,16H2,1-3H3. The van der Waals surface area contributed by atoms with E-state index in [9.17, 15) is 0 Å². The molecule has 1 aromatic heterocycles. The van der Waals surface area contributed by atoms with Crippen molar-refractivity contribution in [2.75, 3.05) is 26.2 Å². The summed E-state index contributed by atoms with van der Waals surface area (Å²) in [5, 5.41) is 0. The Balaban J connectivity index is 2.06. The molecule has 1 aromatic rings. The van der Waals surface area contributed by atoms with Crippen LogP contribution in [0.25, 0.3) is 0 Å². The van der Waals surface area contributed by atoms with Crippen LogP contribution in [0.2, 0.25) is 0 Å². The summed E-state index contributed by atoms with van der Waals surface area (Å²) in [6, 6.07) is 5.16. The Bertz CT molecular complexity index is 369. The maximum Gasteiger partial charge on any atom is 0.0512 e. The molecule has 0 bridgehead atoms. The number of rotatable bonds is 4. The van der Waals surface area contributed by atoms with E-state index in [4.69, 9.17) is 5.73 Å². The first kappa shape index (κ1) is 14.4. The van der Waals surface area contributed by atoms with Gasteiger partial charge in [0.2, 0.25) is 0 Å². The molecule has 2 heterocycles. The molecule has 4 heteroatoms. The first-order chi connectivity index (χ1) is 9.09. The molecule has 4 nitrogen and oxygen atoms in total. The van der Waals surface area contributed by atoms with E-state index in [0.717, 1.165) is 26.2 Å². The van der Waals surface area contributed by atoms with Crippen LogP contribution in [0.4, 0.5) is 0 Å². The van der Waals surface area contributed by atoms with Crippen LogP contribution in [0, 0.1) is 0 Å². The molecule has 0 spiro atoms. The van der Waals surface area contributed by atoms with Crippen LogP contribution in [0.5, 0.6) is 0 Å². The summed E-state index contributed by atoms with van der Waals surface area (Å²) in [5.41, 5.74) is 7.44. The Morgan fingerprint density at radius 2 is 1.74 bits per heavy atom. The van der Waals surface area contributed by atoms with E-state index in [1.54, 1.807) is 0 Å². The molecule has 1 fully saturated rings. The Morgan fingerprint density at radius 1 is 1.11 bits per heavy atom. The smallest absolute Gasteiger partial charge is 0.0512 e. The van der Waals surface area contributed by atoms with Gasteiger partial charge in [-0.2, -0.15) is 0 Å². The summed E-state index contributed by atoms with van der Waals surface area (Å²) in [7, 11) is 0. The molecule has 0 aromatic carbocycles. The van der Waals surface area contributed by atoms with Crippen LogP contribution in [0.15, 0.2) is 24.5 Å². The van der Waals surface area contributed by atoms with Gasteiger partial charge in [0.05, 0.1) is 6.04 Å². The number of aromatic nitrogens is 1. The van der Waals surface area contributed by atoms with Gasteiger partial charge in [-0.05, 0) is 32.4 Å². The van der Waals surface area contributed by atoms with Gasteiger partial charge in [0.1, 0.15) is 0 Å². The molecule has 1 aliphatic heterocycles. The summed E-state index contributed by atoms with van der Waals surface area (Å²) < 4.78 is 0. The quantitative estimate of drug-likeness (QED) is 0.893. The fraction of sp³-hybridized carbons (Fsp3) is 0.667. The van der Waals surface area contributed by atoms with E-state index >= 15 is 0 Å². The topological polar surface area (TPSA) is 45.4 Å². The maximum absolute atomic E-state index is 6.21. The molecule has 1 saturated heterocycles. The van der Waals surface area contributed by atoms with Gasteiger partial charge in [0.15, 0.2) is 0 Å². The van der Waals surface area contributed by atoms with Crippen LogP contribution in [-0.2, 0) is 0 Å². The molecule has 0 aliphatic carbocycles. The number of hydrogen-bond donors (Lipinski definition) is 1. The van der Waals surface area contributed by atoms with Crippen molar-refractivity contribution in [1.29, 1.82) is 0 Å². The van der Waals surface area contributed by atoms with Gasteiger partial charge in [-0.15, -0.1) is 0 Å². The number of nitrogens with two attached hydrogens (primary N) is 1. The van der Waals surface area contributed by atoms with Crippen LogP contribution in [0.3, 0.4) is 0 Å². The van der Waals surface area contributed by atoms with Gasteiger partial charge >= 0.3 is 0 Å². The third-order valence-corrected chi connectivity index (χ3v) is 4.00. The lowest BCUT2D eigenvalue weighted by atomic mass is 10.00. The highest BCUT2D eigenvalue weighted by Crippen LogP contribution is 2.24. The van der Waals surface area contributed by atoms with Crippen molar-refractivity contribution in [1.82, 2.24) is 14.8 Å². The normalized spacial score (nSPS) is 21.5. The first-order valence-corrected chi connectivity index (χ1v) is 7.23. The molecule has 0 saturated carbocycles. The van der Waals surface area contributed by atoms with Crippen molar-refractivity contribution >= 4 is 0 Å². The van der Waals surface area contributed by atoms with Crippen molar-refractivity contribution in [2.24, 2.45) is 5.73 Å². The summed E-state index contributed by atoms with van der Waals surface area (Å²) in [6.07, 6.45) is 3.77. The molecule has 19 heavy (non-hydrogen) atoms. The second kappa shape index (κ2) is 6.46. The van der Waals surface area contributed by atoms with Crippen LogP contribution >= 0.6 is 0 Å². The Labute approximate surface area is 116 Å². The molecular weight excluding hydrogens is 236 g/mol. The average Bonchev–Trinajstić information content (AvgIpc) is 2.40. The fourth-order valence-corrected chi connectivity index (χ4v) is 2.93. The zero-order valence-electron chi connectivity index (χ0n) is 12.3. The molecule has 2 rings (SSSR count). The summed E-state index contributed by atoms with van der Waals surface area (Å²) in [5.74, 6) is 0. The Hall–Kier alpha value is -0.970. The van der Waals surface area contributed by atoms with E-state index in [0.29, 0.717) is 6.04 Å². The maximum atomic E-state index is 6.21. The predicted molar refractivity (Wildman–Crippen MR) is 78.9 cm³/mol. The molecule has 2 unspecified atom stereocenters. The molecule has 106 valence electrons. The number of piperazine rings is 1. The van der Waals surface area contributed by atoms with Gasteiger partial charge in [0, 0.05) is 50.7 Å². The second-order valence-electron chi connectivity index (χ2n) is 5.76. The van der Waals surface area contributed by atoms with Crippen LogP contribution in [0.1, 0.15) is 32.4 Å². The van der Waals surface area contributed by atoms with Crippen molar-refractivity contribution < 1.29 is 0 Å². The van der Waals surface area contributed by atoms with Gasteiger partial charge in [-0.1, -0.05) is 6.07 Å². The SMILES string of the molecule is CC(N)C(c1cccnc1)N1CCN(C(C)C)CC1. The van der Waals surface area contributed by atoms with E-state index in [1.165, 1.54) is 5.56 Å². The van der Waals surface area contributed by atoms with E-state index in [-0.39, 0.29) is 12.1 Å². The van der Waals surface area contributed by atoms with Gasteiger partial charge in [0.25, 0.3) is 0 Å². The lowest BCUT2D eigenvalue weighted by Crippen LogP contribution is -2.52. The lowest BCUT2D eigenvalue weighted by molar-refractivity contribution is 0.0704. The van der Waals surface area contributed by atoms with Gasteiger partial charge in [-0.3, -0.25) is 14.8 Å². The lowest BCUT2D eigenvalue weighted by Gasteiger charge is -2.42. The summed E-state index contributed by atoms with van der Waals surface area (Å²) >= 11 is 0. The predicted octanol–water partition coefficient (Wildman–Crippen LogP) is 1.50. The summed E-state index contributed by atoms with van der Waals surface area (Å²) in [6.45, 7) is 11.0. The molecule has 0 radical (unpaired) electrons. The molecule has 1 aliphatic rings. The van der Waals surface area contributed by atoms with Gasteiger partial charge in [-0.25, -0.2) is 0 Å². The van der Waals surface area contributed by atoms with Crippen molar-refractivity contribution in [3.05, 3.63) is 30.1 Å². The minimum atomic E-state index is 0.120. The Kier molecular flexibility index (Phi) is 4.91. The fourth-order valence-electron chi connectivity index (χ4n) is 2.93. The Morgan fingerprint density at radius 3 is 2.21 bits per heavy atom. The second-order valence-corrected chi connectivity index (χ2v) is 5.76. The monoisotopic (exact) mass is 262 g/mol. The molecular formula is C15H26N4. The number of pyridine rings is 1. The summed E-state index contributed by atoms with van der Waals surface area (Å²) in [4.78, 5) is 9.26. The minimum absolute atomic E-state index is 0.120. The van der Waals surface area contributed by atoms with Crippen molar-refractivity contribution in [3.63, 3.8) is 0 Å². The largest absolute Gasteiger partial charge is 0.326 e. The minimum Gasteiger partial charge on any atom is -0.326 e. The highest BCUT2D eigenvalue weighted by Gasteiger charge is 2.28.